The number of aromatic nitrogens is 1. The summed E-state index contributed by atoms with van der Waals surface area (Å²) < 4.78 is 27.8. The van der Waals surface area contributed by atoms with E-state index < -0.39 is 22.5 Å². The molecule has 8 nitrogen and oxygen atoms in total. The zero-order valence-corrected chi connectivity index (χ0v) is 19.0. The maximum atomic E-state index is 13.4. The quantitative estimate of drug-likeness (QED) is 0.361. The highest BCUT2D eigenvalue weighted by Gasteiger charge is 2.28. The second kappa shape index (κ2) is 9.05. The normalized spacial score (nSPS) is 11.8. The molecule has 0 atom stereocenters. The lowest BCUT2D eigenvalue weighted by Crippen LogP contribution is -2.35. The van der Waals surface area contributed by atoms with Gasteiger partial charge < -0.3 is 10.1 Å². The summed E-state index contributed by atoms with van der Waals surface area (Å²) in [6.45, 7) is 1.11. The van der Waals surface area contributed by atoms with Gasteiger partial charge in [0, 0.05) is 10.4 Å². The molecule has 0 aliphatic carbocycles. The fourth-order valence-electron chi connectivity index (χ4n) is 3.34. The first-order chi connectivity index (χ1) is 15.8. The number of amides is 1. The summed E-state index contributed by atoms with van der Waals surface area (Å²) in [5, 5.41) is 18.6. The predicted octanol–water partition coefficient (Wildman–Crippen LogP) is 5.34. The number of anilines is 1. The molecule has 0 spiro atoms. The fraction of sp³-hybridized carbons (Fsp3) is 0.0870. The van der Waals surface area contributed by atoms with Gasteiger partial charge in [-0.05, 0) is 42.8 Å². The number of aromatic amines is 1. The van der Waals surface area contributed by atoms with E-state index in [1.165, 1.54) is 18.2 Å². The summed E-state index contributed by atoms with van der Waals surface area (Å²) >= 11 is 6.12. The van der Waals surface area contributed by atoms with Crippen molar-refractivity contribution in [3.05, 3.63) is 83.4 Å². The Hall–Kier alpha value is -3.69. The number of nitrogens with one attached hydrogen (secondary N) is 1. The number of aromatic hydroxyl groups is 1. The van der Waals surface area contributed by atoms with Gasteiger partial charge in [0.1, 0.15) is 6.54 Å². The van der Waals surface area contributed by atoms with Gasteiger partial charge in [-0.25, -0.2) is 8.42 Å². The fourth-order valence-corrected chi connectivity index (χ4v) is 5.00. The number of para-hydroxylation sites is 1. The minimum absolute atomic E-state index is 0.0170. The van der Waals surface area contributed by atoms with Gasteiger partial charge in [0.25, 0.3) is 15.9 Å². The van der Waals surface area contributed by atoms with Crippen LogP contribution >= 0.6 is 11.6 Å². The Morgan fingerprint density at radius 2 is 1.76 bits per heavy atom. The van der Waals surface area contributed by atoms with Crippen molar-refractivity contribution in [3.63, 3.8) is 0 Å². The van der Waals surface area contributed by atoms with Crippen molar-refractivity contribution in [2.75, 3.05) is 10.8 Å². The number of hydrogen-bond acceptors (Lipinski definition) is 5. The smallest absolute Gasteiger partial charge is 0.285 e. The lowest BCUT2D eigenvalue weighted by molar-refractivity contribution is -0.116. The molecule has 10 heteroatoms. The number of fused-ring (bicyclic) bond motifs is 1. The van der Waals surface area contributed by atoms with Gasteiger partial charge in [0.05, 0.1) is 16.1 Å². The van der Waals surface area contributed by atoms with E-state index in [4.69, 9.17) is 11.6 Å². The Morgan fingerprint density at radius 1 is 1.06 bits per heavy atom. The molecular formula is C23H19ClN4O4S. The number of aryl methyl sites for hydroxylation is 1. The van der Waals surface area contributed by atoms with Gasteiger partial charge in [0.15, 0.2) is 5.69 Å². The monoisotopic (exact) mass is 482 g/mol. The number of benzene rings is 3. The summed E-state index contributed by atoms with van der Waals surface area (Å²) in [5.41, 5.74) is 1.58. The maximum absolute atomic E-state index is 13.4. The van der Waals surface area contributed by atoms with E-state index in [0.717, 1.165) is 4.31 Å². The van der Waals surface area contributed by atoms with Crippen LogP contribution in [0.2, 0.25) is 5.02 Å². The molecule has 0 aliphatic rings. The molecule has 33 heavy (non-hydrogen) atoms. The van der Waals surface area contributed by atoms with E-state index >= 15 is 0 Å². The molecule has 0 fully saturated rings. The maximum Gasteiger partial charge on any atom is 0.285 e. The van der Waals surface area contributed by atoms with Gasteiger partial charge in [-0.2, -0.15) is 0 Å². The minimum Gasteiger partial charge on any atom is -0.493 e. The lowest BCUT2D eigenvalue weighted by Gasteiger charge is -2.24. The van der Waals surface area contributed by atoms with E-state index in [1.54, 1.807) is 61.5 Å². The van der Waals surface area contributed by atoms with Crippen LogP contribution in [0.4, 0.5) is 11.4 Å². The SMILES string of the molecule is Cc1ccc(Cl)cc1N(CC(=O)N=Nc1c(O)[nH]c2ccccc12)S(=O)(=O)c1ccccc1. The van der Waals surface area contributed by atoms with Crippen LogP contribution in [0, 0.1) is 6.92 Å². The number of nitrogens with zero attached hydrogens (tertiary/aromatic N) is 3. The Kier molecular flexibility index (Phi) is 6.17. The van der Waals surface area contributed by atoms with Crippen LogP contribution in [0.5, 0.6) is 5.88 Å². The highest BCUT2D eigenvalue weighted by Crippen LogP contribution is 2.35. The van der Waals surface area contributed by atoms with Crippen molar-refractivity contribution in [1.82, 2.24) is 4.98 Å². The summed E-state index contributed by atoms with van der Waals surface area (Å²) in [7, 11) is -4.11. The largest absolute Gasteiger partial charge is 0.493 e. The summed E-state index contributed by atoms with van der Waals surface area (Å²) in [6.07, 6.45) is 0. The molecular weight excluding hydrogens is 464 g/mol. The number of azo groups is 1. The van der Waals surface area contributed by atoms with Crippen LogP contribution in [-0.2, 0) is 14.8 Å². The Morgan fingerprint density at radius 3 is 2.52 bits per heavy atom. The van der Waals surface area contributed by atoms with Gasteiger partial charge in [-0.1, -0.05) is 54.1 Å². The van der Waals surface area contributed by atoms with Crippen LogP contribution in [0.3, 0.4) is 0 Å². The van der Waals surface area contributed by atoms with Crippen molar-refractivity contribution in [1.29, 1.82) is 0 Å². The molecule has 0 radical (unpaired) electrons. The average Bonchev–Trinajstić information content (AvgIpc) is 3.13. The van der Waals surface area contributed by atoms with Crippen molar-refractivity contribution in [3.8, 4) is 5.88 Å². The Bertz CT molecular complexity index is 1470. The minimum atomic E-state index is -4.11. The van der Waals surface area contributed by atoms with Crippen LogP contribution in [0.15, 0.2) is 87.9 Å². The third-order valence-electron chi connectivity index (χ3n) is 4.97. The summed E-state index contributed by atoms with van der Waals surface area (Å²) in [6, 6.07) is 19.5. The van der Waals surface area contributed by atoms with E-state index in [1.807, 2.05) is 0 Å². The van der Waals surface area contributed by atoms with Crippen LogP contribution < -0.4 is 4.31 Å². The molecule has 1 aromatic heterocycles. The zero-order valence-electron chi connectivity index (χ0n) is 17.4. The molecule has 2 N–H and O–H groups in total. The first kappa shape index (κ1) is 22.5. The van der Waals surface area contributed by atoms with Crippen molar-refractivity contribution < 1.29 is 18.3 Å². The van der Waals surface area contributed by atoms with Gasteiger partial charge >= 0.3 is 0 Å². The van der Waals surface area contributed by atoms with E-state index in [2.05, 4.69) is 15.2 Å². The Labute approximate surface area is 195 Å². The number of carbonyl (C=O) groups is 1. The molecule has 0 aliphatic heterocycles. The van der Waals surface area contributed by atoms with Gasteiger partial charge in [0.2, 0.25) is 5.88 Å². The number of carbonyl (C=O) groups excluding carboxylic acids is 1. The van der Waals surface area contributed by atoms with Gasteiger partial charge in [-0.15, -0.1) is 10.2 Å². The summed E-state index contributed by atoms with van der Waals surface area (Å²) in [4.78, 5) is 15.5. The first-order valence-corrected chi connectivity index (χ1v) is 11.7. The van der Waals surface area contributed by atoms with Crippen molar-refractivity contribution in [2.24, 2.45) is 10.2 Å². The molecule has 1 amide bonds. The molecule has 0 bridgehead atoms. The first-order valence-electron chi connectivity index (χ1n) is 9.85. The zero-order chi connectivity index (χ0) is 23.6. The highest BCUT2D eigenvalue weighted by atomic mass is 35.5. The van der Waals surface area contributed by atoms with E-state index in [-0.39, 0.29) is 22.2 Å². The van der Waals surface area contributed by atoms with Crippen molar-refractivity contribution in [2.45, 2.75) is 11.8 Å². The topological polar surface area (TPSA) is 115 Å². The lowest BCUT2D eigenvalue weighted by atomic mass is 10.2. The molecule has 0 unspecified atom stereocenters. The second-order valence-corrected chi connectivity index (χ2v) is 9.52. The Balaban J connectivity index is 1.71. The highest BCUT2D eigenvalue weighted by molar-refractivity contribution is 7.92. The van der Waals surface area contributed by atoms with Gasteiger partial charge in [-0.3, -0.25) is 9.10 Å². The van der Waals surface area contributed by atoms with Crippen LogP contribution in [-0.4, -0.2) is 31.0 Å². The van der Waals surface area contributed by atoms with E-state index in [9.17, 15) is 18.3 Å². The third-order valence-corrected chi connectivity index (χ3v) is 6.98. The summed E-state index contributed by atoms with van der Waals surface area (Å²) in [5.74, 6) is -1.06. The molecule has 3 aromatic carbocycles. The number of rotatable bonds is 6. The molecule has 1 heterocycles. The average molecular weight is 483 g/mol. The number of H-pyrrole nitrogens is 1. The van der Waals surface area contributed by atoms with Crippen LogP contribution in [0.25, 0.3) is 10.9 Å². The predicted molar refractivity (Wildman–Crippen MR) is 127 cm³/mol. The number of hydrogen-bond donors (Lipinski definition) is 2. The molecule has 4 aromatic rings. The third kappa shape index (κ3) is 4.59. The second-order valence-electron chi connectivity index (χ2n) is 7.22. The molecule has 0 saturated carbocycles. The molecule has 168 valence electrons. The molecule has 4 rings (SSSR count). The standard InChI is InChI=1S/C23H19ClN4O4S/c1-15-11-12-16(24)13-20(15)28(33(31,32)17-7-3-2-4-8-17)14-21(29)26-27-22-18-9-5-6-10-19(18)25-23(22)30/h2-13,25,30H,14H2,1H3. The number of halogens is 1. The van der Waals surface area contributed by atoms with Crippen LogP contribution in [0.1, 0.15) is 5.56 Å². The number of sulfonamides is 1. The van der Waals surface area contributed by atoms with Crippen molar-refractivity contribution >= 4 is 49.8 Å². The van der Waals surface area contributed by atoms with E-state index in [0.29, 0.717) is 21.5 Å². The molecule has 0 saturated heterocycles.